The number of carbonyl (C=O) groups is 1. The van der Waals surface area contributed by atoms with E-state index in [0.717, 1.165) is 12.0 Å². The first-order chi connectivity index (χ1) is 14.5. The van der Waals surface area contributed by atoms with Crippen molar-refractivity contribution in [1.82, 2.24) is 15.0 Å². The highest BCUT2D eigenvalue weighted by molar-refractivity contribution is 6.34. The number of rotatable bonds is 4. The van der Waals surface area contributed by atoms with Crippen LogP contribution < -0.4 is 11.1 Å². The fraction of sp³-hybridized carbons (Fsp3) is 0.238. The Hall–Kier alpha value is -3.57. The summed E-state index contributed by atoms with van der Waals surface area (Å²) >= 11 is 6.47. The molecule has 8 nitrogen and oxygen atoms in total. The molecule has 3 aromatic rings. The number of nitrogens with zero attached hydrogens (tertiary/aromatic N) is 3. The van der Waals surface area contributed by atoms with Crippen LogP contribution in [-0.2, 0) is 4.74 Å². The third-order valence-corrected chi connectivity index (χ3v) is 5.98. The molecule has 2 bridgehead atoms. The minimum Gasteiger partial charge on any atom is -0.444 e. The van der Waals surface area contributed by atoms with Gasteiger partial charge in [-0.1, -0.05) is 35.9 Å². The number of fused-ring (bicyclic) bond motifs is 3. The molecule has 30 heavy (non-hydrogen) atoms. The molecule has 2 heterocycles. The molecule has 0 aliphatic heterocycles. The van der Waals surface area contributed by atoms with Crippen molar-refractivity contribution in [3.63, 3.8) is 0 Å². The number of hydrogen-bond donors (Lipinski definition) is 3. The Balaban J connectivity index is 1.54. The van der Waals surface area contributed by atoms with Gasteiger partial charge < -0.3 is 20.8 Å². The molecule has 0 radical (unpaired) electrons. The van der Waals surface area contributed by atoms with Crippen molar-refractivity contribution in [2.24, 2.45) is 17.6 Å². The number of aromatic nitrogens is 3. The number of anilines is 1. The van der Waals surface area contributed by atoms with E-state index in [0.29, 0.717) is 33.3 Å². The highest BCUT2D eigenvalue weighted by Gasteiger charge is 2.47. The molecule has 1 amide bonds. The molecule has 9 heteroatoms. The Kier molecular flexibility index (Phi) is 4.33. The number of primary amides is 1. The second kappa shape index (κ2) is 7.04. The normalized spacial score (nSPS) is 24.1. The van der Waals surface area contributed by atoms with Crippen molar-refractivity contribution in [3.05, 3.63) is 53.2 Å². The number of nitriles is 1. The molecule has 1 fully saturated rings. The van der Waals surface area contributed by atoms with Gasteiger partial charge in [0.2, 0.25) is 0 Å². The Bertz CT molecular complexity index is 1230. The number of imidazole rings is 1. The van der Waals surface area contributed by atoms with Crippen molar-refractivity contribution in [2.45, 2.75) is 18.6 Å². The van der Waals surface area contributed by atoms with Gasteiger partial charge in [0.15, 0.2) is 5.65 Å². The van der Waals surface area contributed by atoms with Crippen LogP contribution in [0.25, 0.3) is 22.6 Å². The maximum atomic E-state index is 11.4. The molecule has 4 N–H and O–H groups in total. The standard InChI is InChI=1S/C21H17ClN6O2/c22-14-9-25-20-17(27-19(28-20)13-3-1-2-10(6-13)8-23)16(14)26-15-11-4-5-12(7-11)18(15)30-21(24)29/h1-6,9,11-12,15,18H,7H2,(H2,24,29)(H2,25,26,27,28)/t11-,12+,15+,18-/m0/s1. The first-order valence-electron chi connectivity index (χ1n) is 9.49. The summed E-state index contributed by atoms with van der Waals surface area (Å²) in [5, 5.41) is 13.0. The van der Waals surface area contributed by atoms with Gasteiger partial charge in [0, 0.05) is 17.4 Å². The van der Waals surface area contributed by atoms with Crippen LogP contribution in [0.5, 0.6) is 0 Å². The first-order valence-corrected chi connectivity index (χ1v) is 9.87. The summed E-state index contributed by atoms with van der Waals surface area (Å²) in [6, 6.07) is 9.12. The number of nitrogens with one attached hydrogen (secondary N) is 2. The summed E-state index contributed by atoms with van der Waals surface area (Å²) in [5.41, 5.74) is 8.37. The van der Waals surface area contributed by atoms with Crippen LogP contribution in [-0.4, -0.2) is 33.2 Å². The molecule has 1 saturated carbocycles. The van der Waals surface area contributed by atoms with Crippen molar-refractivity contribution >= 4 is 34.5 Å². The number of aromatic amines is 1. The lowest BCUT2D eigenvalue weighted by Crippen LogP contribution is -2.41. The Morgan fingerprint density at radius 2 is 2.20 bits per heavy atom. The van der Waals surface area contributed by atoms with E-state index in [1.54, 1.807) is 18.2 Å². The van der Waals surface area contributed by atoms with Gasteiger partial charge in [0.05, 0.1) is 34.6 Å². The lowest BCUT2D eigenvalue weighted by Gasteiger charge is -2.29. The van der Waals surface area contributed by atoms with E-state index >= 15 is 0 Å². The monoisotopic (exact) mass is 420 g/mol. The zero-order chi connectivity index (χ0) is 20.8. The molecule has 5 rings (SSSR count). The molecule has 150 valence electrons. The van der Waals surface area contributed by atoms with Gasteiger partial charge in [-0.2, -0.15) is 5.26 Å². The molecular weight excluding hydrogens is 404 g/mol. The summed E-state index contributed by atoms with van der Waals surface area (Å²) in [5.74, 6) is 0.910. The van der Waals surface area contributed by atoms with Gasteiger partial charge in [-0.15, -0.1) is 0 Å². The molecule has 2 aliphatic rings. The van der Waals surface area contributed by atoms with Gasteiger partial charge in [0.1, 0.15) is 17.4 Å². The number of ether oxygens (including phenoxy) is 1. The smallest absolute Gasteiger partial charge is 0.404 e. The molecule has 1 aromatic carbocycles. The zero-order valence-corrected chi connectivity index (χ0v) is 16.4. The van der Waals surface area contributed by atoms with Gasteiger partial charge in [0.25, 0.3) is 0 Å². The quantitative estimate of drug-likeness (QED) is 0.553. The van der Waals surface area contributed by atoms with Crippen molar-refractivity contribution in [1.29, 1.82) is 5.26 Å². The lowest BCUT2D eigenvalue weighted by atomic mass is 9.98. The van der Waals surface area contributed by atoms with E-state index in [4.69, 9.17) is 27.3 Å². The molecule has 0 spiro atoms. The number of pyridine rings is 1. The molecular formula is C21H17ClN6O2. The third-order valence-electron chi connectivity index (χ3n) is 5.69. The topological polar surface area (TPSA) is 130 Å². The molecule has 2 aromatic heterocycles. The fourth-order valence-corrected chi connectivity index (χ4v) is 4.57. The molecule has 2 aliphatic carbocycles. The summed E-state index contributed by atoms with van der Waals surface area (Å²) in [4.78, 5) is 23.5. The van der Waals surface area contributed by atoms with Crippen LogP contribution in [0.3, 0.4) is 0 Å². The summed E-state index contributed by atoms with van der Waals surface area (Å²) in [7, 11) is 0. The van der Waals surface area contributed by atoms with Crippen molar-refractivity contribution < 1.29 is 9.53 Å². The van der Waals surface area contributed by atoms with Gasteiger partial charge in [-0.05, 0) is 18.6 Å². The SMILES string of the molecule is N#Cc1cccc(-c2nc3ncc(Cl)c(N[C@H]4[C@@H](OC(N)=O)[C@@H]5C=C[C@H]4C5)c3[nH]2)c1. The number of amides is 1. The number of carbonyl (C=O) groups excluding carboxylic acids is 1. The first kappa shape index (κ1) is 18.5. The number of nitrogens with two attached hydrogens (primary N) is 1. The largest absolute Gasteiger partial charge is 0.444 e. The predicted octanol–water partition coefficient (Wildman–Crippen LogP) is 3.60. The highest BCUT2D eigenvalue weighted by atomic mass is 35.5. The van der Waals surface area contributed by atoms with E-state index < -0.39 is 6.09 Å². The predicted molar refractivity (Wildman–Crippen MR) is 112 cm³/mol. The molecule has 4 atom stereocenters. The second-order valence-corrected chi connectivity index (χ2v) is 7.88. The van der Waals surface area contributed by atoms with Crippen LogP contribution in [0.2, 0.25) is 5.02 Å². The summed E-state index contributed by atoms with van der Waals surface area (Å²) < 4.78 is 5.39. The molecule has 0 saturated heterocycles. The Morgan fingerprint density at radius 3 is 3.00 bits per heavy atom. The van der Waals surface area contributed by atoms with Crippen LogP contribution >= 0.6 is 11.6 Å². The summed E-state index contributed by atoms with van der Waals surface area (Å²) in [6.45, 7) is 0. The molecule has 0 unspecified atom stereocenters. The van der Waals surface area contributed by atoms with Crippen LogP contribution in [0, 0.1) is 23.2 Å². The van der Waals surface area contributed by atoms with E-state index in [2.05, 4.69) is 38.5 Å². The maximum Gasteiger partial charge on any atom is 0.404 e. The van der Waals surface area contributed by atoms with Crippen molar-refractivity contribution in [2.75, 3.05) is 5.32 Å². The number of hydrogen-bond acceptors (Lipinski definition) is 6. The lowest BCUT2D eigenvalue weighted by molar-refractivity contribution is 0.0854. The van der Waals surface area contributed by atoms with Crippen LogP contribution in [0.1, 0.15) is 12.0 Å². The number of H-pyrrole nitrogens is 1. The Morgan fingerprint density at radius 1 is 1.37 bits per heavy atom. The van der Waals surface area contributed by atoms with Crippen molar-refractivity contribution in [3.8, 4) is 17.5 Å². The van der Waals surface area contributed by atoms with E-state index in [-0.39, 0.29) is 24.0 Å². The van der Waals surface area contributed by atoms with Gasteiger partial charge >= 0.3 is 6.09 Å². The third kappa shape index (κ3) is 3.04. The summed E-state index contributed by atoms with van der Waals surface area (Å²) in [6.07, 6.45) is 5.45. The van der Waals surface area contributed by atoms with E-state index in [1.807, 2.05) is 6.07 Å². The van der Waals surface area contributed by atoms with Crippen LogP contribution in [0.4, 0.5) is 10.5 Å². The Labute approximate surface area is 176 Å². The van der Waals surface area contributed by atoms with E-state index in [9.17, 15) is 4.79 Å². The zero-order valence-electron chi connectivity index (χ0n) is 15.7. The average Bonchev–Trinajstić information content (AvgIpc) is 3.45. The maximum absolute atomic E-state index is 11.4. The average molecular weight is 421 g/mol. The van der Waals surface area contributed by atoms with Gasteiger partial charge in [-0.25, -0.2) is 14.8 Å². The second-order valence-electron chi connectivity index (χ2n) is 7.48. The minimum absolute atomic E-state index is 0.127. The fourth-order valence-electron chi connectivity index (χ4n) is 4.37. The minimum atomic E-state index is -0.792. The van der Waals surface area contributed by atoms with E-state index in [1.165, 1.54) is 6.20 Å². The van der Waals surface area contributed by atoms with Crippen LogP contribution in [0.15, 0.2) is 42.6 Å². The number of halogens is 1. The van der Waals surface area contributed by atoms with Gasteiger partial charge in [-0.3, -0.25) is 0 Å². The highest BCUT2D eigenvalue weighted by Crippen LogP contribution is 2.44. The number of benzene rings is 1.